The highest BCUT2D eigenvalue weighted by atomic mass is 35.5. The van der Waals surface area contributed by atoms with E-state index in [1.54, 1.807) is 12.3 Å². The second-order valence-electron chi connectivity index (χ2n) is 4.43. The molecule has 0 unspecified atom stereocenters. The van der Waals surface area contributed by atoms with Gasteiger partial charge < -0.3 is 4.90 Å². The Morgan fingerprint density at radius 2 is 2.17 bits per heavy atom. The van der Waals surface area contributed by atoms with E-state index in [1.807, 2.05) is 18.2 Å². The minimum absolute atomic E-state index is 0.187. The molecule has 4 heteroatoms. The van der Waals surface area contributed by atoms with Crippen LogP contribution in [0.3, 0.4) is 0 Å². The third-order valence-corrected chi connectivity index (χ3v) is 3.41. The van der Waals surface area contributed by atoms with Crippen molar-refractivity contribution in [1.82, 2.24) is 4.98 Å². The Morgan fingerprint density at radius 3 is 3.00 bits per heavy atom. The van der Waals surface area contributed by atoms with Gasteiger partial charge in [-0.15, -0.1) is 0 Å². The largest absolute Gasteiger partial charge is 0.367 e. The van der Waals surface area contributed by atoms with E-state index in [0.29, 0.717) is 5.15 Å². The fourth-order valence-electron chi connectivity index (χ4n) is 2.34. The molecule has 1 aromatic carbocycles. The molecule has 92 valence electrons. The molecule has 0 bridgehead atoms. The number of hydrogen-bond acceptors (Lipinski definition) is 2. The van der Waals surface area contributed by atoms with Crippen LogP contribution in [-0.4, -0.2) is 11.5 Å². The topological polar surface area (TPSA) is 16.1 Å². The Balaban J connectivity index is 1.86. The van der Waals surface area contributed by atoms with E-state index >= 15 is 0 Å². The minimum atomic E-state index is -0.187. The van der Waals surface area contributed by atoms with E-state index in [0.717, 1.165) is 30.8 Å². The van der Waals surface area contributed by atoms with Gasteiger partial charge >= 0.3 is 0 Å². The summed E-state index contributed by atoms with van der Waals surface area (Å²) < 4.78 is 13.3. The van der Waals surface area contributed by atoms with Gasteiger partial charge in [-0.25, -0.2) is 9.37 Å². The molecule has 0 saturated carbocycles. The molecular weight excluding hydrogens is 251 g/mol. The molecule has 0 fully saturated rings. The third kappa shape index (κ3) is 2.18. The molecule has 2 heterocycles. The highest BCUT2D eigenvalue weighted by Crippen LogP contribution is 2.30. The Labute approximate surface area is 110 Å². The first-order chi connectivity index (χ1) is 8.72. The number of anilines is 1. The van der Waals surface area contributed by atoms with Crippen LogP contribution in [0.4, 0.5) is 10.1 Å². The van der Waals surface area contributed by atoms with E-state index in [4.69, 9.17) is 11.6 Å². The van der Waals surface area contributed by atoms with Crippen LogP contribution in [0.1, 0.15) is 11.1 Å². The molecular formula is C14H12ClFN2. The molecule has 0 atom stereocenters. The zero-order valence-corrected chi connectivity index (χ0v) is 10.5. The summed E-state index contributed by atoms with van der Waals surface area (Å²) >= 11 is 5.87. The van der Waals surface area contributed by atoms with Gasteiger partial charge in [0, 0.05) is 25.0 Å². The van der Waals surface area contributed by atoms with E-state index in [-0.39, 0.29) is 5.82 Å². The van der Waals surface area contributed by atoms with E-state index in [2.05, 4.69) is 9.88 Å². The van der Waals surface area contributed by atoms with E-state index in [9.17, 15) is 4.39 Å². The first-order valence-electron chi connectivity index (χ1n) is 5.86. The first kappa shape index (κ1) is 11.5. The van der Waals surface area contributed by atoms with Crippen LogP contribution in [0.2, 0.25) is 5.15 Å². The predicted octanol–water partition coefficient (Wildman–Crippen LogP) is 3.44. The Kier molecular flexibility index (Phi) is 2.92. The van der Waals surface area contributed by atoms with Crippen LogP contribution >= 0.6 is 11.6 Å². The standard InChI is InChI=1S/C14H12ClFN2/c15-14-7-10(3-5-17-14)9-18-6-4-11-1-2-12(16)8-13(11)18/h1-3,5,7-8H,4,6,9H2. The SMILES string of the molecule is Fc1ccc2c(c1)N(Cc1ccnc(Cl)c1)CC2. The fraction of sp³-hybridized carbons (Fsp3) is 0.214. The number of pyridine rings is 1. The maximum atomic E-state index is 13.3. The molecule has 0 aliphatic carbocycles. The van der Waals surface area contributed by atoms with E-state index in [1.165, 1.54) is 11.6 Å². The van der Waals surface area contributed by atoms with Crippen molar-refractivity contribution in [3.63, 3.8) is 0 Å². The number of rotatable bonds is 2. The van der Waals surface area contributed by atoms with Gasteiger partial charge in [-0.1, -0.05) is 17.7 Å². The molecule has 1 aliphatic rings. The van der Waals surface area contributed by atoms with Crippen LogP contribution in [-0.2, 0) is 13.0 Å². The summed E-state index contributed by atoms with van der Waals surface area (Å²) in [5.41, 5.74) is 3.28. The maximum Gasteiger partial charge on any atom is 0.129 e. The van der Waals surface area contributed by atoms with Crippen molar-refractivity contribution in [3.8, 4) is 0 Å². The van der Waals surface area contributed by atoms with Crippen LogP contribution in [0.25, 0.3) is 0 Å². The number of halogens is 2. The monoisotopic (exact) mass is 262 g/mol. The summed E-state index contributed by atoms with van der Waals surface area (Å²) in [7, 11) is 0. The van der Waals surface area contributed by atoms with Crippen molar-refractivity contribution in [2.45, 2.75) is 13.0 Å². The second-order valence-corrected chi connectivity index (χ2v) is 4.82. The number of nitrogens with zero attached hydrogens (tertiary/aromatic N) is 2. The van der Waals surface area contributed by atoms with Gasteiger partial charge in [-0.3, -0.25) is 0 Å². The van der Waals surface area contributed by atoms with Crippen LogP contribution in [0.15, 0.2) is 36.5 Å². The number of fused-ring (bicyclic) bond motifs is 1. The van der Waals surface area contributed by atoms with Gasteiger partial charge in [0.1, 0.15) is 11.0 Å². The summed E-state index contributed by atoms with van der Waals surface area (Å²) in [5, 5.41) is 0.492. The van der Waals surface area contributed by atoms with Gasteiger partial charge in [-0.2, -0.15) is 0 Å². The summed E-state index contributed by atoms with van der Waals surface area (Å²) in [6.45, 7) is 1.65. The molecule has 0 N–H and O–H groups in total. The van der Waals surface area contributed by atoms with Gasteiger partial charge in [-0.05, 0) is 41.8 Å². The Bertz CT molecular complexity index is 586. The van der Waals surface area contributed by atoms with Crippen molar-refractivity contribution < 1.29 is 4.39 Å². The van der Waals surface area contributed by atoms with Crippen molar-refractivity contribution in [1.29, 1.82) is 0 Å². The molecule has 0 spiro atoms. The van der Waals surface area contributed by atoms with Crippen LogP contribution in [0.5, 0.6) is 0 Å². The maximum absolute atomic E-state index is 13.3. The highest BCUT2D eigenvalue weighted by molar-refractivity contribution is 6.29. The smallest absolute Gasteiger partial charge is 0.129 e. The molecule has 1 aromatic heterocycles. The lowest BCUT2D eigenvalue weighted by Crippen LogP contribution is -2.19. The Morgan fingerprint density at radius 1 is 1.28 bits per heavy atom. The lowest BCUT2D eigenvalue weighted by atomic mass is 10.1. The van der Waals surface area contributed by atoms with Gasteiger partial charge in [0.15, 0.2) is 0 Å². The summed E-state index contributed by atoms with van der Waals surface area (Å²) in [5.74, 6) is -0.187. The number of hydrogen-bond donors (Lipinski definition) is 0. The second kappa shape index (κ2) is 4.58. The van der Waals surface area contributed by atoms with Gasteiger partial charge in [0.2, 0.25) is 0 Å². The zero-order chi connectivity index (χ0) is 12.5. The zero-order valence-electron chi connectivity index (χ0n) is 9.74. The molecule has 0 radical (unpaired) electrons. The summed E-state index contributed by atoms with van der Waals surface area (Å²) in [6.07, 6.45) is 2.66. The summed E-state index contributed by atoms with van der Waals surface area (Å²) in [4.78, 5) is 6.13. The molecule has 0 amide bonds. The average molecular weight is 263 g/mol. The minimum Gasteiger partial charge on any atom is -0.367 e. The van der Waals surface area contributed by atoms with Crippen molar-refractivity contribution in [2.75, 3.05) is 11.4 Å². The lowest BCUT2D eigenvalue weighted by molar-refractivity contribution is 0.627. The van der Waals surface area contributed by atoms with Gasteiger partial charge in [0.25, 0.3) is 0 Å². The number of benzene rings is 1. The predicted molar refractivity (Wildman–Crippen MR) is 70.4 cm³/mol. The Hall–Kier alpha value is -1.61. The highest BCUT2D eigenvalue weighted by Gasteiger charge is 2.19. The first-order valence-corrected chi connectivity index (χ1v) is 6.24. The molecule has 0 saturated heterocycles. The fourth-order valence-corrected chi connectivity index (χ4v) is 2.54. The molecule has 2 nitrogen and oxygen atoms in total. The van der Waals surface area contributed by atoms with Gasteiger partial charge in [0.05, 0.1) is 0 Å². The normalized spacial score (nSPS) is 13.8. The van der Waals surface area contributed by atoms with Crippen molar-refractivity contribution in [3.05, 3.63) is 58.6 Å². The number of aromatic nitrogens is 1. The van der Waals surface area contributed by atoms with Crippen molar-refractivity contribution >= 4 is 17.3 Å². The average Bonchev–Trinajstić information content (AvgIpc) is 2.72. The lowest BCUT2D eigenvalue weighted by Gasteiger charge is -2.19. The quantitative estimate of drug-likeness (QED) is 0.771. The van der Waals surface area contributed by atoms with E-state index < -0.39 is 0 Å². The van der Waals surface area contributed by atoms with Crippen LogP contribution in [0, 0.1) is 5.82 Å². The van der Waals surface area contributed by atoms with Crippen molar-refractivity contribution in [2.24, 2.45) is 0 Å². The molecule has 18 heavy (non-hydrogen) atoms. The molecule has 2 aromatic rings. The van der Waals surface area contributed by atoms with Crippen LogP contribution < -0.4 is 4.90 Å². The molecule has 1 aliphatic heterocycles. The third-order valence-electron chi connectivity index (χ3n) is 3.20. The molecule has 3 rings (SSSR count). The summed E-state index contributed by atoms with van der Waals surface area (Å²) in [6, 6.07) is 8.77.